The van der Waals surface area contributed by atoms with Gasteiger partial charge in [-0.15, -0.1) is 0 Å². The fourth-order valence-corrected chi connectivity index (χ4v) is 2.55. The van der Waals surface area contributed by atoms with Gasteiger partial charge in [0.05, 0.1) is 0 Å². The monoisotopic (exact) mass is 296 g/mol. The molecule has 0 aliphatic carbocycles. The van der Waals surface area contributed by atoms with Crippen molar-refractivity contribution in [2.75, 3.05) is 31.6 Å². The van der Waals surface area contributed by atoms with Gasteiger partial charge in [-0.05, 0) is 41.0 Å². The van der Waals surface area contributed by atoms with Crippen LogP contribution >= 0.6 is 0 Å². The lowest BCUT2D eigenvalue weighted by Gasteiger charge is -2.30. The summed E-state index contributed by atoms with van der Waals surface area (Å²) >= 11 is 0. The molecule has 0 bridgehead atoms. The van der Waals surface area contributed by atoms with Crippen LogP contribution in [-0.4, -0.2) is 52.8 Å². The molecule has 1 aromatic heterocycles. The first-order chi connectivity index (χ1) is 10.1. The van der Waals surface area contributed by atoms with Gasteiger partial charge in [0.2, 0.25) is 5.95 Å². The van der Waals surface area contributed by atoms with E-state index in [0.29, 0.717) is 12.1 Å². The first-order valence-corrected chi connectivity index (χ1v) is 8.14. The van der Waals surface area contributed by atoms with Crippen molar-refractivity contribution in [3.63, 3.8) is 0 Å². The van der Waals surface area contributed by atoms with Crippen molar-refractivity contribution in [3.8, 4) is 0 Å². The summed E-state index contributed by atoms with van der Waals surface area (Å²) in [5.74, 6) is 0.957. The van der Waals surface area contributed by atoms with Crippen molar-refractivity contribution in [2.24, 2.45) is 0 Å². The lowest BCUT2D eigenvalue weighted by atomic mass is 10.2. The van der Waals surface area contributed by atoms with Gasteiger partial charge in [-0.3, -0.25) is 4.90 Å². The Morgan fingerprint density at radius 1 is 1.29 bits per heavy atom. The van der Waals surface area contributed by atoms with Gasteiger partial charge in [0.15, 0.2) is 0 Å². The maximum atomic E-state index is 5.38. The molecule has 0 fully saturated rings. The zero-order valence-electron chi connectivity index (χ0n) is 14.3. The lowest BCUT2D eigenvalue weighted by Crippen LogP contribution is -2.40. The standard InChI is InChI=1S/C16H32N4O/c1-6-21-13-7-10-19-11-8-17-16(19)18-9-12-20(14(2)3)15(4)5/h8,11,14-15H,6-7,9-10,12-13H2,1-5H3,(H,17,18). The minimum absolute atomic E-state index is 0.567. The largest absolute Gasteiger partial charge is 0.382 e. The molecule has 0 aliphatic rings. The number of aryl methyl sites for hydroxylation is 1. The van der Waals surface area contributed by atoms with E-state index >= 15 is 0 Å². The highest BCUT2D eigenvalue weighted by Crippen LogP contribution is 2.07. The maximum absolute atomic E-state index is 5.38. The third kappa shape index (κ3) is 6.48. The van der Waals surface area contributed by atoms with Crippen molar-refractivity contribution in [2.45, 2.75) is 59.7 Å². The molecule has 1 N–H and O–H groups in total. The van der Waals surface area contributed by atoms with Crippen molar-refractivity contribution < 1.29 is 4.74 Å². The molecule has 0 saturated heterocycles. The first kappa shape index (κ1) is 18.0. The Bertz CT molecular complexity index is 368. The van der Waals surface area contributed by atoms with Crippen LogP contribution in [0.1, 0.15) is 41.0 Å². The molecule has 0 saturated carbocycles. The lowest BCUT2D eigenvalue weighted by molar-refractivity contribution is 0.142. The van der Waals surface area contributed by atoms with Crippen molar-refractivity contribution in [3.05, 3.63) is 12.4 Å². The third-order valence-electron chi connectivity index (χ3n) is 3.59. The minimum atomic E-state index is 0.567. The van der Waals surface area contributed by atoms with Crippen molar-refractivity contribution >= 4 is 5.95 Å². The SMILES string of the molecule is CCOCCCn1ccnc1NCCN(C(C)C)C(C)C. The molecule has 5 heteroatoms. The molecule has 1 rings (SSSR count). The fourth-order valence-electron chi connectivity index (χ4n) is 2.55. The van der Waals surface area contributed by atoms with Gasteiger partial charge in [-0.25, -0.2) is 4.98 Å². The Labute approximate surface area is 129 Å². The Balaban J connectivity index is 2.36. The second-order valence-corrected chi connectivity index (χ2v) is 5.85. The number of nitrogens with zero attached hydrogens (tertiary/aromatic N) is 3. The van der Waals surface area contributed by atoms with Gasteiger partial charge < -0.3 is 14.6 Å². The van der Waals surface area contributed by atoms with E-state index in [2.05, 4.69) is 47.5 Å². The topological polar surface area (TPSA) is 42.3 Å². The van der Waals surface area contributed by atoms with Crippen LogP contribution in [0.4, 0.5) is 5.95 Å². The van der Waals surface area contributed by atoms with Crippen LogP contribution in [-0.2, 0) is 11.3 Å². The summed E-state index contributed by atoms with van der Waals surface area (Å²) in [6.07, 6.45) is 4.89. The molecule has 21 heavy (non-hydrogen) atoms. The smallest absolute Gasteiger partial charge is 0.202 e. The Morgan fingerprint density at radius 3 is 2.62 bits per heavy atom. The molecule has 1 aromatic rings. The zero-order chi connectivity index (χ0) is 15.7. The van der Waals surface area contributed by atoms with Gasteiger partial charge in [-0.1, -0.05) is 0 Å². The van der Waals surface area contributed by atoms with Crippen LogP contribution < -0.4 is 5.32 Å². The van der Waals surface area contributed by atoms with Gasteiger partial charge in [0.1, 0.15) is 0 Å². The molecule has 122 valence electrons. The number of hydrogen-bond donors (Lipinski definition) is 1. The summed E-state index contributed by atoms with van der Waals surface area (Å²) < 4.78 is 7.54. The van der Waals surface area contributed by atoms with Crippen LogP contribution in [0.2, 0.25) is 0 Å². The van der Waals surface area contributed by atoms with E-state index in [-0.39, 0.29) is 0 Å². The summed E-state index contributed by atoms with van der Waals surface area (Å²) in [5, 5.41) is 3.44. The van der Waals surface area contributed by atoms with E-state index in [4.69, 9.17) is 4.74 Å². The number of rotatable bonds is 11. The predicted molar refractivity (Wildman–Crippen MR) is 88.8 cm³/mol. The maximum Gasteiger partial charge on any atom is 0.202 e. The van der Waals surface area contributed by atoms with Crippen LogP contribution in [0, 0.1) is 0 Å². The summed E-state index contributed by atoms with van der Waals surface area (Å²) in [7, 11) is 0. The predicted octanol–water partition coefficient (Wildman–Crippen LogP) is 2.84. The van der Waals surface area contributed by atoms with E-state index in [0.717, 1.165) is 45.2 Å². The summed E-state index contributed by atoms with van der Waals surface area (Å²) in [5.41, 5.74) is 0. The molecular formula is C16H32N4O. The van der Waals surface area contributed by atoms with Gasteiger partial charge in [0.25, 0.3) is 0 Å². The average molecular weight is 296 g/mol. The molecule has 0 spiro atoms. The highest BCUT2D eigenvalue weighted by molar-refractivity contribution is 5.25. The molecule has 5 nitrogen and oxygen atoms in total. The molecule has 1 heterocycles. The summed E-state index contributed by atoms with van der Waals surface area (Å²) in [6.45, 7) is 15.5. The Hall–Kier alpha value is -1.07. The van der Waals surface area contributed by atoms with Gasteiger partial charge >= 0.3 is 0 Å². The molecule has 0 aliphatic heterocycles. The number of aromatic nitrogens is 2. The minimum Gasteiger partial charge on any atom is -0.382 e. The highest BCUT2D eigenvalue weighted by Gasteiger charge is 2.12. The molecule has 0 radical (unpaired) electrons. The average Bonchev–Trinajstić information content (AvgIpc) is 2.86. The van der Waals surface area contributed by atoms with Crippen LogP contribution in [0.5, 0.6) is 0 Å². The zero-order valence-corrected chi connectivity index (χ0v) is 14.3. The summed E-state index contributed by atoms with van der Waals surface area (Å²) in [6, 6.07) is 1.13. The third-order valence-corrected chi connectivity index (χ3v) is 3.59. The van der Waals surface area contributed by atoms with Crippen LogP contribution in [0.25, 0.3) is 0 Å². The van der Waals surface area contributed by atoms with Crippen molar-refractivity contribution in [1.29, 1.82) is 0 Å². The van der Waals surface area contributed by atoms with E-state index in [1.165, 1.54) is 0 Å². The van der Waals surface area contributed by atoms with E-state index in [1.54, 1.807) is 0 Å². The molecule has 0 amide bonds. The van der Waals surface area contributed by atoms with E-state index < -0.39 is 0 Å². The quantitative estimate of drug-likeness (QED) is 0.638. The number of imidazole rings is 1. The first-order valence-electron chi connectivity index (χ1n) is 8.14. The van der Waals surface area contributed by atoms with E-state index in [9.17, 15) is 0 Å². The van der Waals surface area contributed by atoms with Crippen LogP contribution in [0.3, 0.4) is 0 Å². The van der Waals surface area contributed by atoms with Gasteiger partial charge in [-0.2, -0.15) is 0 Å². The van der Waals surface area contributed by atoms with Crippen molar-refractivity contribution in [1.82, 2.24) is 14.5 Å². The van der Waals surface area contributed by atoms with Gasteiger partial charge in [0, 0.05) is 57.3 Å². The molecule has 0 unspecified atom stereocenters. The highest BCUT2D eigenvalue weighted by atomic mass is 16.5. The second-order valence-electron chi connectivity index (χ2n) is 5.85. The fraction of sp³-hybridized carbons (Fsp3) is 0.812. The summed E-state index contributed by atoms with van der Waals surface area (Å²) in [4.78, 5) is 6.88. The second kappa shape index (κ2) is 9.79. The normalized spacial score (nSPS) is 11.8. The number of anilines is 1. The van der Waals surface area contributed by atoms with Crippen LogP contribution in [0.15, 0.2) is 12.4 Å². The Kier molecular flexibility index (Phi) is 8.38. The number of ether oxygens (including phenoxy) is 1. The van der Waals surface area contributed by atoms with E-state index in [1.807, 2.05) is 19.3 Å². The molecule has 0 aromatic carbocycles. The molecule has 0 atom stereocenters. The number of hydrogen-bond acceptors (Lipinski definition) is 4. The Morgan fingerprint density at radius 2 is 2.00 bits per heavy atom. The number of nitrogens with one attached hydrogen (secondary N) is 1. The molecular weight excluding hydrogens is 264 g/mol.